The highest BCUT2D eigenvalue weighted by molar-refractivity contribution is 6.09. The fourth-order valence-corrected chi connectivity index (χ4v) is 8.24. The van der Waals surface area contributed by atoms with Crippen LogP contribution < -0.4 is 0 Å². The highest BCUT2D eigenvalue weighted by Gasteiger charge is 2.22. The molecule has 3 heterocycles. The van der Waals surface area contributed by atoms with Crippen molar-refractivity contribution in [2.75, 3.05) is 0 Å². The van der Waals surface area contributed by atoms with E-state index in [-0.39, 0.29) is 0 Å². The molecule has 0 bridgehead atoms. The molecule has 0 fully saturated rings. The smallest absolute Gasteiger partial charge is 0.164 e. The molecule has 8 aromatic carbocycles. The summed E-state index contributed by atoms with van der Waals surface area (Å²) in [4.78, 5) is 15.2. The second kappa shape index (κ2) is 15.5. The summed E-state index contributed by atoms with van der Waals surface area (Å²) in [6, 6.07) is 78.2. The van der Waals surface area contributed by atoms with Crippen molar-refractivity contribution in [2.24, 2.45) is 0 Å². The van der Waals surface area contributed by atoms with Gasteiger partial charge in [0.2, 0.25) is 0 Å². The van der Waals surface area contributed by atoms with Crippen LogP contribution in [0.5, 0.6) is 0 Å². The lowest BCUT2D eigenvalue weighted by molar-refractivity contribution is 0.979. The van der Waals surface area contributed by atoms with Crippen molar-refractivity contribution in [1.29, 1.82) is 0 Å². The molecule has 0 N–H and O–H groups in total. The Labute approximate surface area is 354 Å². The van der Waals surface area contributed by atoms with E-state index in [1.807, 2.05) is 36.4 Å². The van der Waals surface area contributed by atoms with Crippen molar-refractivity contribution in [3.05, 3.63) is 224 Å². The minimum absolute atomic E-state index is 0.614. The van der Waals surface area contributed by atoms with Crippen molar-refractivity contribution in [2.45, 2.75) is 0 Å². The Morgan fingerprint density at radius 3 is 1.34 bits per heavy atom. The largest absolute Gasteiger partial charge is 0.231 e. The van der Waals surface area contributed by atoms with Gasteiger partial charge in [-0.05, 0) is 51.4 Å². The fraction of sp³-hybridized carbons (Fsp3) is 0. The lowest BCUT2D eigenvalue weighted by Gasteiger charge is -2.13. The van der Waals surface area contributed by atoms with Crippen LogP contribution in [0, 0.1) is 0 Å². The summed E-state index contributed by atoms with van der Waals surface area (Å²) < 4.78 is 2.15. The van der Waals surface area contributed by atoms with Crippen molar-refractivity contribution >= 4 is 16.3 Å². The molecule has 0 aliphatic heterocycles. The Kier molecular flexibility index (Phi) is 9.10. The predicted molar refractivity (Wildman–Crippen MR) is 250 cm³/mol. The molecule has 0 unspecified atom stereocenters. The van der Waals surface area contributed by atoms with Crippen molar-refractivity contribution in [3.8, 4) is 90.1 Å². The Bertz CT molecular complexity index is 3310. The first kappa shape index (κ1) is 35.8. The minimum Gasteiger partial charge on any atom is -0.231 e. The maximum Gasteiger partial charge on any atom is 0.164 e. The van der Waals surface area contributed by atoms with E-state index >= 15 is 0 Å². The molecular formula is C56H37N5. The number of hydrogen-bond donors (Lipinski definition) is 0. The Morgan fingerprint density at radius 1 is 0.295 bits per heavy atom. The van der Waals surface area contributed by atoms with Gasteiger partial charge in [-0.2, -0.15) is 5.10 Å². The van der Waals surface area contributed by atoms with E-state index in [1.165, 1.54) is 5.56 Å². The zero-order chi connectivity index (χ0) is 40.5. The van der Waals surface area contributed by atoms with Gasteiger partial charge in [-0.3, -0.25) is 0 Å². The number of pyridine rings is 1. The molecule has 286 valence electrons. The first-order valence-corrected chi connectivity index (χ1v) is 20.5. The van der Waals surface area contributed by atoms with Crippen LogP contribution in [0.4, 0.5) is 0 Å². The van der Waals surface area contributed by atoms with Gasteiger partial charge in [-0.25, -0.2) is 19.5 Å². The predicted octanol–water partition coefficient (Wildman–Crippen LogP) is 14.0. The summed E-state index contributed by atoms with van der Waals surface area (Å²) >= 11 is 0. The molecule has 5 nitrogen and oxygen atoms in total. The second-order valence-electron chi connectivity index (χ2n) is 15.1. The van der Waals surface area contributed by atoms with Crippen LogP contribution in [0.25, 0.3) is 106 Å². The highest BCUT2D eigenvalue weighted by atomic mass is 15.2. The van der Waals surface area contributed by atoms with E-state index in [2.05, 4.69) is 193 Å². The van der Waals surface area contributed by atoms with E-state index < -0.39 is 0 Å². The van der Waals surface area contributed by atoms with Gasteiger partial charge in [-0.15, -0.1) is 0 Å². The van der Waals surface area contributed by atoms with Gasteiger partial charge in [0, 0.05) is 38.8 Å². The van der Waals surface area contributed by atoms with Crippen LogP contribution >= 0.6 is 0 Å². The van der Waals surface area contributed by atoms with Gasteiger partial charge in [0.25, 0.3) is 0 Å². The summed E-state index contributed by atoms with van der Waals surface area (Å²) in [5.74, 6) is 1.87. The zero-order valence-electron chi connectivity index (χ0n) is 33.1. The number of fused-ring (bicyclic) bond motifs is 3. The van der Waals surface area contributed by atoms with Gasteiger partial charge in [0.1, 0.15) is 5.69 Å². The van der Waals surface area contributed by atoms with Gasteiger partial charge in [0.05, 0.1) is 11.2 Å². The third-order valence-corrected chi connectivity index (χ3v) is 11.3. The molecule has 0 aliphatic rings. The monoisotopic (exact) mass is 779 g/mol. The van der Waals surface area contributed by atoms with E-state index in [0.717, 1.165) is 83.3 Å². The number of nitrogens with zero attached hydrogens (tertiary/aromatic N) is 5. The quantitative estimate of drug-likeness (QED) is 0.154. The number of benzene rings is 8. The van der Waals surface area contributed by atoms with Crippen molar-refractivity contribution < 1.29 is 0 Å². The molecule has 0 atom stereocenters. The number of aromatic nitrogens is 5. The number of rotatable bonds is 8. The van der Waals surface area contributed by atoms with Crippen LogP contribution in [-0.4, -0.2) is 24.6 Å². The van der Waals surface area contributed by atoms with E-state index in [9.17, 15) is 0 Å². The summed E-state index contributed by atoms with van der Waals surface area (Å²) in [6.07, 6.45) is 0. The average Bonchev–Trinajstić information content (AvgIpc) is 3.76. The first-order valence-electron chi connectivity index (χ1n) is 20.5. The summed E-state index contributed by atoms with van der Waals surface area (Å²) in [5.41, 5.74) is 14.6. The molecule has 11 rings (SSSR count). The van der Waals surface area contributed by atoms with E-state index in [1.54, 1.807) is 0 Å². The molecule has 5 heteroatoms. The number of hydrogen-bond acceptors (Lipinski definition) is 4. The van der Waals surface area contributed by atoms with Gasteiger partial charge in [0.15, 0.2) is 17.5 Å². The van der Waals surface area contributed by atoms with Crippen LogP contribution in [0.3, 0.4) is 0 Å². The Balaban J connectivity index is 1.08. The molecular weight excluding hydrogens is 743 g/mol. The Hall–Kier alpha value is -8.28. The summed E-state index contributed by atoms with van der Waals surface area (Å²) in [7, 11) is 0. The molecule has 0 aliphatic carbocycles. The van der Waals surface area contributed by atoms with Crippen LogP contribution in [0.2, 0.25) is 0 Å². The molecule has 0 saturated carbocycles. The molecule has 0 amide bonds. The average molecular weight is 780 g/mol. The van der Waals surface area contributed by atoms with Crippen LogP contribution in [0.1, 0.15) is 0 Å². The van der Waals surface area contributed by atoms with E-state index in [4.69, 9.17) is 20.1 Å². The van der Waals surface area contributed by atoms with Crippen molar-refractivity contribution in [1.82, 2.24) is 24.6 Å². The highest BCUT2D eigenvalue weighted by Crippen LogP contribution is 2.42. The molecule has 11 aromatic rings. The topological polar surface area (TPSA) is 56.0 Å². The third kappa shape index (κ3) is 6.84. The fourth-order valence-electron chi connectivity index (χ4n) is 8.24. The molecule has 0 radical (unpaired) electrons. The maximum absolute atomic E-state index is 5.42. The normalized spacial score (nSPS) is 11.3. The zero-order valence-corrected chi connectivity index (χ0v) is 33.1. The van der Waals surface area contributed by atoms with Gasteiger partial charge >= 0.3 is 0 Å². The molecule has 0 saturated heterocycles. The second-order valence-corrected chi connectivity index (χ2v) is 15.1. The van der Waals surface area contributed by atoms with E-state index in [0.29, 0.717) is 17.5 Å². The summed E-state index contributed by atoms with van der Waals surface area (Å²) in [6.45, 7) is 0. The molecule has 3 aromatic heterocycles. The van der Waals surface area contributed by atoms with Gasteiger partial charge < -0.3 is 0 Å². The third-order valence-electron chi connectivity index (χ3n) is 11.3. The Morgan fingerprint density at radius 2 is 0.721 bits per heavy atom. The molecule has 0 spiro atoms. The van der Waals surface area contributed by atoms with Crippen molar-refractivity contribution in [3.63, 3.8) is 0 Å². The first-order chi connectivity index (χ1) is 30.2. The SMILES string of the molecule is c1ccc(-c2ccc(-c3nc(-c4ccccc4)nc(-c4cccc(-c5ccc6cc(-c7ccccc7)n7nc(-c8ccccc8)c(-c8ccccc8)c7c6c5)c4)n3)cc2)cc1. The lowest BCUT2D eigenvalue weighted by Crippen LogP contribution is -2.00. The van der Waals surface area contributed by atoms with Crippen LogP contribution in [0.15, 0.2) is 224 Å². The maximum atomic E-state index is 5.42. The minimum atomic E-state index is 0.614. The molecule has 61 heavy (non-hydrogen) atoms. The van der Waals surface area contributed by atoms with Crippen LogP contribution in [-0.2, 0) is 0 Å². The van der Waals surface area contributed by atoms with Gasteiger partial charge in [-0.1, -0.05) is 206 Å². The summed E-state index contributed by atoms with van der Waals surface area (Å²) in [5, 5.41) is 7.67. The standard InChI is InChI=1S/C56H37N5/c1-6-17-38(18-7-1)39-29-31-44(32-30-39)55-57-54(43-25-14-5-15-26-43)58-56(59-55)48-28-16-27-45(35-48)46-33-34-47-37-50(40-19-8-2-9-20-40)61-53(49(47)36-46)51(41-21-10-3-11-22-41)52(60-61)42-23-12-4-13-24-42/h1-37H. The lowest BCUT2D eigenvalue weighted by atomic mass is 9.94.